The van der Waals surface area contributed by atoms with Crippen molar-refractivity contribution in [2.24, 2.45) is 9.74 Å². The molecule has 0 saturated carbocycles. The lowest BCUT2D eigenvalue weighted by molar-refractivity contribution is 1.51. The van der Waals surface area contributed by atoms with Gasteiger partial charge in [-0.1, -0.05) is 11.6 Å². The Morgan fingerprint density at radius 1 is 1.07 bits per heavy atom. The molecule has 0 fully saturated rings. The van der Waals surface area contributed by atoms with E-state index in [9.17, 15) is 0 Å². The van der Waals surface area contributed by atoms with E-state index in [0.717, 1.165) is 5.82 Å². The zero-order valence-electron chi connectivity index (χ0n) is 6.39. The first-order chi connectivity index (χ1) is 6.49. The minimum atomic E-state index is -2.98. The van der Waals surface area contributed by atoms with E-state index in [1.54, 1.807) is 0 Å². The molecule has 0 bridgehead atoms. The normalized spacial score (nSPS) is 15.5. The third-order valence-corrected chi connectivity index (χ3v) is 3.79. The van der Waals surface area contributed by atoms with Crippen LogP contribution in [0, 0.1) is 0 Å². The molecule has 2 nitrogen and oxygen atoms in total. The van der Waals surface area contributed by atoms with Gasteiger partial charge in [-0.25, -0.2) is 4.99 Å². The van der Waals surface area contributed by atoms with E-state index in [1.807, 2.05) is 0 Å². The van der Waals surface area contributed by atoms with Gasteiger partial charge in [0.15, 0.2) is 5.16 Å². The summed E-state index contributed by atoms with van der Waals surface area (Å²) in [7, 11) is 0. The summed E-state index contributed by atoms with van der Waals surface area (Å²) < 4.78 is 3.46. The van der Waals surface area contributed by atoms with Gasteiger partial charge >= 0.3 is 5.32 Å². The smallest absolute Gasteiger partial charge is 0.202 e. The first-order valence-electron chi connectivity index (χ1n) is 2.81. The summed E-state index contributed by atoms with van der Waals surface area (Å²) in [6, 6.07) is 0. The first-order valence-corrected chi connectivity index (χ1v) is 12.6. The summed E-state index contributed by atoms with van der Waals surface area (Å²) in [6.07, 6.45) is 0. The van der Waals surface area contributed by atoms with Crippen molar-refractivity contribution in [2.45, 2.75) is 0 Å². The monoisotopic (exact) mass is 407 g/mol. The third kappa shape index (κ3) is 12.6. The van der Waals surface area contributed by atoms with Gasteiger partial charge in [-0.05, 0) is 45.3 Å². The number of aliphatic imine (C=N–C) groups is 1. The molecule has 0 aromatic carbocycles. The van der Waals surface area contributed by atoms with Crippen molar-refractivity contribution in [3.8, 4) is 0 Å². The number of amidine groups is 1. The standard InChI is InChI=1S/C3HCl8N2P2/c4-2(1-14(6,7)8)12-3(5)13-15(9,10)11/h1H/q+1/b2-1+,12-3+. The van der Waals surface area contributed by atoms with Crippen LogP contribution in [0.1, 0.15) is 0 Å². The maximum absolute atomic E-state index is 5.58. The minimum absolute atomic E-state index is 0.129. The van der Waals surface area contributed by atoms with Crippen LogP contribution in [-0.2, 0) is 0 Å². The summed E-state index contributed by atoms with van der Waals surface area (Å²) in [5.74, 6) is 1.13. The maximum atomic E-state index is 5.58. The molecule has 0 radical (unpaired) electrons. The molecule has 0 aromatic rings. The summed E-state index contributed by atoms with van der Waals surface area (Å²) in [5.41, 5.74) is 0. The molecule has 0 saturated heterocycles. The average Bonchev–Trinajstić information content (AvgIpc) is 1.73. The Labute approximate surface area is 126 Å². The summed E-state index contributed by atoms with van der Waals surface area (Å²) >= 11 is 43.9. The van der Waals surface area contributed by atoms with E-state index in [2.05, 4.69) is 9.74 Å². The van der Waals surface area contributed by atoms with E-state index in [0.29, 0.717) is 0 Å². The Kier molecular flexibility index (Phi) is 8.23. The molecule has 0 atom stereocenters. The second kappa shape index (κ2) is 7.10. The summed E-state index contributed by atoms with van der Waals surface area (Å²) in [4.78, 5) is 3.54. The molecule has 15 heavy (non-hydrogen) atoms. The summed E-state index contributed by atoms with van der Waals surface area (Å²) in [5, 5.41) is -6.18. The number of halogens is 8. The van der Waals surface area contributed by atoms with Crippen molar-refractivity contribution >= 4 is 106 Å². The van der Waals surface area contributed by atoms with Gasteiger partial charge in [0.25, 0.3) is 0 Å². The van der Waals surface area contributed by atoms with Crippen molar-refractivity contribution in [3.05, 3.63) is 11.0 Å². The lowest BCUT2D eigenvalue weighted by Gasteiger charge is -1.95. The Morgan fingerprint density at radius 2 is 1.53 bits per heavy atom. The molecule has 12 heteroatoms. The van der Waals surface area contributed by atoms with Crippen LogP contribution >= 0.6 is 101 Å². The molecule has 0 aliphatic heterocycles. The van der Waals surface area contributed by atoms with Crippen LogP contribution in [0.25, 0.3) is 0 Å². The fraction of sp³-hybridized carbons (Fsp3) is 0. The second-order valence-electron chi connectivity index (χ2n) is 1.84. The molecular weight excluding hydrogens is 410 g/mol. The van der Waals surface area contributed by atoms with E-state index in [4.69, 9.17) is 90.6 Å². The molecule has 0 N–H and O–H groups in total. The van der Waals surface area contributed by atoms with Crippen molar-refractivity contribution in [2.75, 3.05) is 0 Å². The number of hydrogen-bond donors (Lipinski definition) is 0. The highest BCUT2D eigenvalue weighted by molar-refractivity contribution is 8.34. The van der Waals surface area contributed by atoms with Crippen LogP contribution in [0.4, 0.5) is 0 Å². The number of hydrogen-bond acceptors (Lipinski definition) is 1. The van der Waals surface area contributed by atoms with Crippen LogP contribution < -0.4 is 0 Å². The second-order valence-corrected chi connectivity index (χ2v) is 17.1. The molecule has 0 spiro atoms. The highest BCUT2D eigenvalue weighted by Gasteiger charge is 2.30. The highest BCUT2D eigenvalue weighted by Crippen LogP contribution is 2.75. The van der Waals surface area contributed by atoms with E-state index < -0.39 is 10.4 Å². The van der Waals surface area contributed by atoms with Gasteiger partial charge in [0, 0.05) is 0 Å². The molecule has 0 amide bonds. The quantitative estimate of drug-likeness (QED) is 0.192. The maximum Gasteiger partial charge on any atom is 0.335 e. The van der Waals surface area contributed by atoms with Gasteiger partial charge in [0.05, 0.1) is 0 Å². The van der Waals surface area contributed by atoms with Crippen LogP contribution in [0.2, 0.25) is 0 Å². The predicted molar refractivity (Wildman–Crippen MR) is 78.6 cm³/mol. The zero-order valence-corrected chi connectivity index (χ0v) is 14.2. The SMILES string of the molecule is ClC(=C\[P+](Cl)(Cl)Cl)/N=C(\Cl)N=P(Cl)(Cl)Cl. The Balaban J connectivity index is 4.87. The third-order valence-electron chi connectivity index (χ3n) is 0.648. The van der Waals surface area contributed by atoms with Crippen LogP contribution in [-0.4, -0.2) is 5.29 Å². The lowest BCUT2D eigenvalue weighted by Crippen LogP contribution is -1.77. The van der Waals surface area contributed by atoms with E-state index in [-0.39, 0.29) is 10.5 Å². The van der Waals surface area contributed by atoms with Gasteiger partial charge in [-0.15, -0.1) is 0 Å². The number of nitrogens with zero attached hydrogens (tertiary/aromatic N) is 2. The molecule has 88 valence electrons. The van der Waals surface area contributed by atoms with E-state index >= 15 is 0 Å². The largest absolute Gasteiger partial charge is 0.335 e. The van der Waals surface area contributed by atoms with Crippen molar-refractivity contribution < 1.29 is 0 Å². The van der Waals surface area contributed by atoms with Crippen LogP contribution in [0.5, 0.6) is 0 Å². The van der Waals surface area contributed by atoms with Crippen molar-refractivity contribution in [1.29, 1.82) is 0 Å². The Bertz CT molecular complexity index is 328. The first kappa shape index (κ1) is 17.4. The molecular formula is C3HCl8N2P2+. The van der Waals surface area contributed by atoms with E-state index in [1.165, 1.54) is 0 Å². The van der Waals surface area contributed by atoms with Crippen LogP contribution in [0.15, 0.2) is 20.7 Å². The Hall–Kier alpha value is 2.39. The number of rotatable bonds is 2. The van der Waals surface area contributed by atoms with Crippen LogP contribution in [0.3, 0.4) is 0 Å². The average molecular weight is 411 g/mol. The van der Waals surface area contributed by atoms with Crippen molar-refractivity contribution in [1.82, 2.24) is 0 Å². The molecule has 0 heterocycles. The lowest BCUT2D eigenvalue weighted by atomic mass is 11.0. The van der Waals surface area contributed by atoms with Gasteiger partial charge in [0.1, 0.15) is 39.5 Å². The molecule has 0 unspecified atom stereocenters. The fourth-order valence-electron chi connectivity index (χ4n) is 0.354. The van der Waals surface area contributed by atoms with Gasteiger partial charge in [-0.2, -0.15) is 4.74 Å². The molecule has 0 aromatic heterocycles. The predicted octanol–water partition coefficient (Wildman–Crippen LogP) is 7.76. The van der Waals surface area contributed by atoms with Gasteiger partial charge < -0.3 is 0 Å². The van der Waals surface area contributed by atoms with Gasteiger partial charge in [0.2, 0.25) is 10.4 Å². The zero-order chi connectivity index (χ0) is 12.3. The topological polar surface area (TPSA) is 24.7 Å². The Morgan fingerprint density at radius 3 is 1.87 bits per heavy atom. The fourth-order valence-corrected chi connectivity index (χ4v) is 4.15. The molecule has 0 aliphatic carbocycles. The summed E-state index contributed by atoms with van der Waals surface area (Å²) in [6.45, 7) is 0. The highest BCUT2D eigenvalue weighted by atomic mass is 36.1. The molecule has 0 rings (SSSR count). The van der Waals surface area contributed by atoms with Crippen molar-refractivity contribution in [3.63, 3.8) is 0 Å². The minimum Gasteiger partial charge on any atom is -0.202 e. The van der Waals surface area contributed by atoms with Gasteiger partial charge in [-0.3, -0.25) is 0 Å². The molecule has 0 aliphatic rings.